The van der Waals surface area contributed by atoms with Gasteiger partial charge in [-0.2, -0.15) is 0 Å². The number of carbonyl (C=O) groups is 1. The third kappa shape index (κ3) is 5.21. The van der Waals surface area contributed by atoms with Crippen LogP contribution in [0.5, 0.6) is 0 Å². The summed E-state index contributed by atoms with van der Waals surface area (Å²) in [4.78, 5) is 20.3. The molecule has 1 aliphatic heterocycles. The van der Waals surface area contributed by atoms with Gasteiger partial charge in [0.15, 0.2) is 23.4 Å². The molecule has 0 spiro atoms. The third-order valence-corrected chi connectivity index (χ3v) is 4.52. The molecule has 1 aliphatic rings. The molecule has 28 heavy (non-hydrogen) atoms. The molecule has 1 fully saturated rings. The number of hydrogen-bond acceptors (Lipinski definition) is 3. The Morgan fingerprint density at radius 1 is 1.14 bits per heavy atom. The maximum Gasteiger partial charge on any atom is 0.289 e. The van der Waals surface area contributed by atoms with Crippen LogP contribution in [0.1, 0.15) is 16.1 Å². The predicted molar refractivity (Wildman–Crippen MR) is 113 cm³/mol. The highest BCUT2D eigenvalue weighted by Crippen LogP contribution is 2.12. The minimum atomic E-state index is -0.839. The van der Waals surface area contributed by atoms with Crippen LogP contribution in [0, 0.1) is 11.6 Å². The van der Waals surface area contributed by atoms with Crippen LogP contribution in [-0.4, -0.2) is 61.4 Å². The first kappa shape index (κ1) is 22.1. The van der Waals surface area contributed by atoms with Crippen LogP contribution in [0.25, 0.3) is 0 Å². The number of rotatable bonds is 4. The fourth-order valence-electron chi connectivity index (χ4n) is 3.06. The van der Waals surface area contributed by atoms with E-state index < -0.39 is 11.6 Å². The topological polar surface area (TPSA) is 61.1 Å². The lowest BCUT2D eigenvalue weighted by molar-refractivity contribution is 0.0658. The first-order chi connectivity index (χ1) is 13.1. The predicted octanol–water partition coefficient (Wildman–Crippen LogP) is 2.75. The Morgan fingerprint density at radius 2 is 1.86 bits per heavy atom. The van der Waals surface area contributed by atoms with E-state index in [4.69, 9.17) is 4.42 Å². The van der Waals surface area contributed by atoms with Gasteiger partial charge in [-0.15, -0.1) is 24.0 Å². The molecule has 1 saturated heterocycles. The number of nitrogens with zero attached hydrogens (tertiary/aromatic N) is 3. The van der Waals surface area contributed by atoms with Crippen LogP contribution in [-0.2, 0) is 6.42 Å². The van der Waals surface area contributed by atoms with Crippen LogP contribution in [0.4, 0.5) is 8.78 Å². The van der Waals surface area contributed by atoms with Crippen LogP contribution in [0.2, 0.25) is 0 Å². The molecule has 152 valence electrons. The van der Waals surface area contributed by atoms with Gasteiger partial charge in [-0.25, -0.2) is 8.78 Å². The van der Waals surface area contributed by atoms with Crippen molar-refractivity contribution in [3.05, 3.63) is 59.6 Å². The molecule has 1 N–H and O–H groups in total. The van der Waals surface area contributed by atoms with Crippen LogP contribution < -0.4 is 5.32 Å². The smallest absolute Gasteiger partial charge is 0.289 e. The Kier molecular flexibility index (Phi) is 8.21. The summed E-state index contributed by atoms with van der Waals surface area (Å²) in [6.07, 6.45) is 1.83. The second-order valence-electron chi connectivity index (χ2n) is 6.19. The fourth-order valence-corrected chi connectivity index (χ4v) is 3.06. The first-order valence-electron chi connectivity index (χ1n) is 8.81. The van der Waals surface area contributed by atoms with Crippen molar-refractivity contribution in [1.82, 2.24) is 15.1 Å². The molecular weight excluding hydrogens is 481 g/mol. The monoisotopic (exact) mass is 504 g/mol. The van der Waals surface area contributed by atoms with Crippen LogP contribution >= 0.6 is 24.0 Å². The van der Waals surface area contributed by atoms with Crippen LogP contribution in [0.3, 0.4) is 0 Å². The number of benzene rings is 1. The largest absolute Gasteiger partial charge is 0.459 e. The van der Waals surface area contributed by atoms with E-state index in [0.29, 0.717) is 56.4 Å². The normalized spacial score (nSPS) is 14.6. The zero-order chi connectivity index (χ0) is 19.2. The van der Waals surface area contributed by atoms with Crippen molar-refractivity contribution < 1.29 is 18.0 Å². The lowest BCUT2D eigenvalue weighted by Gasteiger charge is -2.36. The molecule has 0 bridgehead atoms. The Labute approximate surface area is 179 Å². The molecule has 1 amide bonds. The minimum absolute atomic E-state index is 0. The molecule has 6 nitrogen and oxygen atoms in total. The maximum absolute atomic E-state index is 13.7. The van der Waals surface area contributed by atoms with E-state index in [-0.39, 0.29) is 29.9 Å². The molecule has 1 aromatic heterocycles. The number of aliphatic imine (C=N–C) groups is 1. The van der Waals surface area contributed by atoms with E-state index in [2.05, 4.69) is 10.3 Å². The highest BCUT2D eigenvalue weighted by Gasteiger charge is 2.25. The van der Waals surface area contributed by atoms with Gasteiger partial charge < -0.3 is 19.5 Å². The van der Waals surface area contributed by atoms with Crippen molar-refractivity contribution in [2.75, 3.05) is 39.8 Å². The number of carbonyl (C=O) groups excluding carboxylic acids is 1. The second kappa shape index (κ2) is 10.4. The molecular formula is C19H23F2IN4O2. The molecule has 1 aromatic carbocycles. The summed E-state index contributed by atoms with van der Waals surface area (Å²) in [6.45, 7) is 2.79. The summed E-state index contributed by atoms with van der Waals surface area (Å²) >= 11 is 0. The minimum Gasteiger partial charge on any atom is -0.459 e. The zero-order valence-corrected chi connectivity index (χ0v) is 17.9. The number of piperazine rings is 1. The lowest BCUT2D eigenvalue weighted by atomic mass is 10.1. The van der Waals surface area contributed by atoms with Gasteiger partial charge in [0, 0.05) is 39.8 Å². The second-order valence-corrected chi connectivity index (χ2v) is 6.19. The third-order valence-electron chi connectivity index (χ3n) is 4.52. The fraction of sp³-hybridized carbons (Fsp3) is 0.368. The molecule has 0 aliphatic carbocycles. The van der Waals surface area contributed by atoms with Gasteiger partial charge in [0.1, 0.15) is 0 Å². The summed E-state index contributed by atoms with van der Waals surface area (Å²) in [5.41, 5.74) is 0.326. The molecule has 9 heteroatoms. The van der Waals surface area contributed by atoms with Gasteiger partial charge in [0.05, 0.1) is 6.26 Å². The van der Waals surface area contributed by atoms with Crippen molar-refractivity contribution in [3.63, 3.8) is 0 Å². The van der Waals surface area contributed by atoms with Gasteiger partial charge in [0.2, 0.25) is 0 Å². The van der Waals surface area contributed by atoms with E-state index in [9.17, 15) is 13.6 Å². The number of nitrogens with one attached hydrogen (secondary N) is 1. The number of halogens is 3. The first-order valence-corrected chi connectivity index (χ1v) is 8.81. The van der Waals surface area contributed by atoms with Crippen molar-refractivity contribution in [1.29, 1.82) is 0 Å². The van der Waals surface area contributed by atoms with E-state index in [1.807, 2.05) is 4.90 Å². The Morgan fingerprint density at radius 3 is 2.50 bits per heavy atom. The van der Waals surface area contributed by atoms with Crippen molar-refractivity contribution in [2.24, 2.45) is 4.99 Å². The highest BCUT2D eigenvalue weighted by molar-refractivity contribution is 14.0. The van der Waals surface area contributed by atoms with E-state index in [0.717, 1.165) is 6.07 Å². The van der Waals surface area contributed by atoms with E-state index in [1.54, 1.807) is 30.1 Å². The van der Waals surface area contributed by atoms with Gasteiger partial charge in [-0.1, -0.05) is 12.1 Å². The Hall–Kier alpha value is -2.17. The average molecular weight is 504 g/mol. The molecule has 0 atom stereocenters. The summed E-state index contributed by atoms with van der Waals surface area (Å²) in [7, 11) is 1.67. The number of guanidine groups is 1. The summed E-state index contributed by atoms with van der Waals surface area (Å²) in [5.74, 6) is -0.752. The molecule has 2 aromatic rings. The lowest BCUT2D eigenvalue weighted by Crippen LogP contribution is -2.54. The highest BCUT2D eigenvalue weighted by atomic mass is 127. The summed E-state index contributed by atoms with van der Waals surface area (Å²) < 4.78 is 32.1. The van der Waals surface area contributed by atoms with Gasteiger partial charge >= 0.3 is 0 Å². The Balaban J connectivity index is 0.00000280. The van der Waals surface area contributed by atoms with Crippen molar-refractivity contribution >= 4 is 35.8 Å². The van der Waals surface area contributed by atoms with Crippen molar-refractivity contribution in [3.8, 4) is 0 Å². The molecule has 2 heterocycles. The SMILES string of the molecule is CN=C(NCCc1cccc(F)c1F)N1CCN(C(=O)c2ccco2)CC1.I. The zero-order valence-electron chi connectivity index (χ0n) is 15.5. The number of hydrogen-bond donors (Lipinski definition) is 1. The number of furan rings is 1. The Bertz CT molecular complexity index is 806. The molecule has 0 unspecified atom stereocenters. The number of amides is 1. The van der Waals surface area contributed by atoms with Crippen LogP contribution in [0.15, 0.2) is 46.0 Å². The average Bonchev–Trinajstić information content (AvgIpc) is 3.23. The molecule has 0 saturated carbocycles. The van der Waals surface area contributed by atoms with E-state index in [1.165, 1.54) is 12.3 Å². The van der Waals surface area contributed by atoms with Gasteiger partial charge in [-0.05, 0) is 30.2 Å². The maximum atomic E-state index is 13.7. The van der Waals surface area contributed by atoms with Gasteiger partial charge in [-0.3, -0.25) is 9.79 Å². The quantitative estimate of drug-likeness (QED) is 0.396. The molecule has 3 rings (SSSR count). The van der Waals surface area contributed by atoms with Crippen molar-refractivity contribution in [2.45, 2.75) is 6.42 Å². The van der Waals surface area contributed by atoms with E-state index >= 15 is 0 Å². The molecule has 0 radical (unpaired) electrons. The van der Waals surface area contributed by atoms with Gasteiger partial charge in [0.25, 0.3) is 5.91 Å². The standard InChI is InChI=1S/C19H22F2N4O2.HI/c1-22-19(23-8-7-14-4-2-5-15(20)17(14)21)25-11-9-24(10-12-25)18(26)16-6-3-13-27-16;/h2-6,13H,7-12H2,1H3,(H,22,23);1H. The summed E-state index contributed by atoms with van der Waals surface area (Å²) in [5, 5.41) is 3.17. The summed E-state index contributed by atoms with van der Waals surface area (Å²) in [6, 6.07) is 7.52.